The normalized spacial score (nSPS) is 11.1. The highest BCUT2D eigenvalue weighted by Crippen LogP contribution is 2.22. The molecule has 29 heavy (non-hydrogen) atoms. The molecule has 0 aromatic heterocycles. The number of nitrogens with zero attached hydrogens (tertiary/aromatic N) is 3. The number of hydrogen-bond acceptors (Lipinski definition) is 6. The van der Waals surface area contributed by atoms with Gasteiger partial charge >= 0.3 is 0 Å². The highest BCUT2D eigenvalue weighted by atomic mass is 16.6. The second-order valence-corrected chi connectivity index (χ2v) is 6.44. The van der Waals surface area contributed by atoms with E-state index in [2.05, 4.69) is 29.3 Å². The molecule has 0 unspecified atom stereocenters. The topological polar surface area (TPSA) is 97.1 Å². The van der Waals surface area contributed by atoms with Crippen LogP contribution in [0.15, 0.2) is 41.5 Å². The number of nitro benzene ring substituents is 1. The molecule has 8 nitrogen and oxygen atoms in total. The fourth-order valence-corrected chi connectivity index (χ4v) is 2.98. The van der Waals surface area contributed by atoms with Gasteiger partial charge in [0.15, 0.2) is 0 Å². The molecule has 1 amide bonds. The zero-order valence-electron chi connectivity index (χ0n) is 17.1. The Balaban J connectivity index is 2.15. The Kier molecular flexibility index (Phi) is 7.85. The summed E-state index contributed by atoms with van der Waals surface area (Å²) in [6.45, 7) is 8.35. The first kappa shape index (κ1) is 22.0. The molecule has 0 aliphatic heterocycles. The molecule has 0 spiro atoms. The molecule has 0 fully saturated rings. The number of carbonyl (C=O) groups is 1. The molecular weight excluding hydrogens is 372 g/mol. The summed E-state index contributed by atoms with van der Waals surface area (Å²) in [6.07, 6.45) is 1.54. The zero-order chi connectivity index (χ0) is 21.4. The fraction of sp³-hybridized carbons (Fsp3) is 0.333. The molecule has 0 bridgehead atoms. The summed E-state index contributed by atoms with van der Waals surface area (Å²) in [5.41, 5.74) is 4.69. The van der Waals surface area contributed by atoms with E-state index < -0.39 is 10.8 Å². The Morgan fingerprint density at radius 3 is 2.62 bits per heavy atom. The van der Waals surface area contributed by atoms with E-state index in [4.69, 9.17) is 4.74 Å². The highest BCUT2D eigenvalue weighted by molar-refractivity contribution is 5.97. The summed E-state index contributed by atoms with van der Waals surface area (Å²) in [5, 5.41) is 15.0. The molecule has 2 aromatic rings. The van der Waals surface area contributed by atoms with E-state index in [1.54, 1.807) is 14.0 Å². The van der Waals surface area contributed by atoms with Crippen molar-refractivity contribution in [2.24, 2.45) is 5.10 Å². The molecule has 0 radical (unpaired) electrons. The van der Waals surface area contributed by atoms with Crippen molar-refractivity contribution in [3.8, 4) is 5.75 Å². The monoisotopic (exact) mass is 398 g/mol. The molecule has 2 rings (SSSR count). The van der Waals surface area contributed by atoms with Gasteiger partial charge in [-0.15, -0.1) is 0 Å². The lowest BCUT2D eigenvalue weighted by molar-refractivity contribution is -0.385. The minimum absolute atomic E-state index is 0.0992. The molecule has 8 heteroatoms. The maximum absolute atomic E-state index is 12.3. The number of nitro groups is 1. The summed E-state index contributed by atoms with van der Waals surface area (Å²) < 4.78 is 5.44. The largest absolute Gasteiger partial charge is 0.496 e. The average Bonchev–Trinajstić information content (AvgIpc) is 2.71. The van der Waals surface area contributed by atoms with E-state index in [0.717, 1.165) is 36.5 Å². The number of carbonyl (C=O) groups excluding carboxylic acids is 1. The standard InChI is InChI=1S/C21H26N4O4/c1-5-24(6-2)14-17-12-16(10-11-20(17)29-4)13-22-23-21(26)18-8-7-9-19(15(18)3)25(27)28/h7-13H,5-6,14H2,1-4H3,(H,23,26)/b22-13-. The fourth-order valence-electron chi connectivity index (χ4n) is 2.98. The van der Waals surface area contributed by atoms with Gasteiger partial charge in [0.1, 0.15) is 5.75 Å². The summed E-state index contributed by atoms with van der Waals surface area (Å²) in [6, 6.07) is 10.1. The Morgan fingerprint density at radius 1 is 1.28 bits per heavy atom. The van der Waals surface area contributed by atoms with Gasteiger partial charge in [-0.3, -0.25) is 19.8 Å². The van der Waals surface area contributed by atoms with Crippen LogP contribution in [-0.4, -0.2) is 42.1 Å². The van der Waals surface area contributed by atoms with Gasteiger partial charge in [-0.25, -0.2) is 5.43 Å². The summed E-state index contributed by atoms with van der Waals surface area (Å²) in [7, 11) is 1.64. The minimum Gasteiger partial charge on any atom is -0.496 e. The first-order valence-corrected chi connectivity index (χ1v) is 9.37. The van der Waals surface area contributed by atoms with Crippen molar-refractivity contribution in [2.45, 2.75) is 27.3 Å². The number of benzene rings is 2. The first-order valence-electron chi connectivity index (χ1n) is 9.37. The van der Waals surface area contributed by atoms with Crippen LogP contribution in [0, 0.1) is 17.0 Å². The van der Waals surface area contributed by atoms with Crippen molar-refractivity contribution in [2.75, 3.05) is 20.2 Å². The smallest absolute Gasteiger partial charge is 0.273 e. The number of nitrogens with one attached hydrogen (secondary N) is 1. The van der Waals surface area contributed by atoms with Gasteiger partial charge in [0.25, 0.3) is 11.6 Å². The lowest BCUT2D eigenvalue weighted by atomic mass is 10.1. The van der Waals surface area contributed by atoms with E-state index >= 15 is 0 Å². The maximum atomic E-state index is 12.3. The SMILES string of the molecule is CCN(CC)Cc1cc(/C=N\NC(=O)c2cccc([N+](=O)[O-])c2C)ccc1OC. The van der Waals surface area contributed by atoms with Gasteiger partial charge < -0.3 is 4.74 Å². The van der Waals surface area contributed by atoms with Crippen molar-refractivity contribution in [1.29, 1.82) is 0 Å². The van der Waals surface area contributed by atoms with E-state index in [0.29, 0.717) is 5.56 Å². The number of rotatable bonds is 9. The van der Waals surface area contributed by atoms with Crippen LogP contribution in [0.3, 0.4) is 0 Å². The molecule has 2 aromatic carbocycles. The third-order valence-corrected chi connectivity index (χ3v) is 4.72. The van der Waals surface area contributed by atoms with E-state index in [-0.39, 0.29) is 11.3 Å². The van der Waals surface area contributed by atoms with Crippen LogP contribution in [0.1, 0.15) is 40.9 Å². The summed E-state index contributed by atoms with van der Waals surface area (Å²) in [4.78, 5) is 25.1. The van der Waals surface area contributed by atoms with Gasteiger partial charge in [-0.1, -0.05) is 19.9 Å². The predicted octanol–water partition coefficient (Wildman–Crippen LogP) is 3.52. The minimum atomic E-state index is -0.510. The lowest BCUT2D eigenvalue weighted by Gasteiger charge is -2.19. The number of methoxy groups -OCH3 is 1. The molecule has 0 aliphatic rings. The Morgan fingerprint density at radius 2 is 2.00 bits per heavy atom. The van der Waals surface area contributed by atoms with Crippen LogP contribution in [-0.2, 0) is 6.54 Å². The maximum Gasteiger partial charge on any atom is 0.273 e. The van der Waals surface area contributed by atoms with Gasteiger partial charge in [-0.05, 0) is 49.8 Å². The summed E-state index contributed by atoms with van der Waals surface area (Å²) >= 11 is 0. The zero-order valence-corrected chi connectivity index (χ0v) is 17.1. The van der Waals surface area contributed by atoms with Crippen LogP contribution in [0.25, 0.3) is 0 Å². The van der Waals surface area contributed by atoms with Gasteiger partial charge in [0.2, 0.25) is 0 Å². The molecular formula is C21H26N4O4. The van der Waals surface area contributed by atoms with Crippen LogP contribution in [0.4, 0.5) is 5.69 Å². The van der Waals surface area contributed by atoms with Gasteiger partial charge in [0, 0.05) is 23.7 Å². The average molecular weight is 398 g/mol. The van der Waals surface area contributed by atoms with Gasteiger partial charge in [0.05, 0.1) is 23.8 Å². The van der Waals surface area contributed by atoms with Gasteiger partial charge in [-0.2, -0.15) is 5.10 Å². The second kappa shape index (κ2) is 10.3. The molecule has 154 valence electrons. The number of hydrazone groups is 1. The second-order valence-electron chi connectivity index (χ2n) is 6.44. The molecule has 0 heterocycles. The first-order chi connectivity index (χ1) is 13.9. The molecule has 0 saturated carbocycles. The Hall–Kier alpha value is -3.26. The molecule has 0 aliphatic carbocycles. The highest BCUT2D eigenvalue weighted by Gasteiger charge is 2.17. The van der Waals surface area contributed by atoms with Crippen LogP contribution in [0.2, 0.25) is 0 Å². The van der Waals surface area contributed by atoms with Crippen molar-refractivity contribution in [1.82, 2.24) is 10.3 Å². The van der Waals surface area contributed by atoms with Crippen molar-refractivity contribution >= 4 is 17.8 Å². The lowest BCUT2D eigenvalue weighted by Crippen LogP contribution is -2.22. The predicted molar refractivity (Wildman–Crippen MR) is 113 cm³/mol. The van der Waals surface area contributed by atoms with E-state index in [9.17, 15) is 14.9 Å². The number of ether oxygens (including phenoxy) is 1. The van der Waals surface area contributed by atoms with E-state index in [1.807, 2.05) is 18.2 Å². The van der Waals surface area contributed by atoms with Crippen molar-refractivity contribution in [3.05, 3.63) is 68.8 Å². The van der Waals surface area contributed by atoms with Crippen LogP contribution >= 0.6 is 0 Å². The quantitative estimate of drug-likeness (QED) is 0.396. The number of amides is 1. The summed E-state index contributed by atoms with van der Waals surface area (Å²) in [5.74, 6) is 0.296. The van der Waals surface area contributed by atoms with Crippen LogP contribution < -0.4 is 10.2 Å². The third-order valence-electron chi connectivity index (χ3n) is 4.72. The molecule has 1 N–H and O–H groups in total. The third kappa shape index (κ3) is 5.61. The van der Waals surface area contributed by atoms with E-state index in [1.165, 1.54) is 24.4 Å². The van der Waals surface area contributed by atoms with Crippen LogP contribution in [0.5, 0.6) is 5.75 Å². The Bertz CT molecular complexity index is 908. The van der Waals surface area contributed by atoms with Crippen molar-refractivity contribution < 1.29 is 14.5 Å². The van der Waals surface area contributed by atoms with Crippen molar-refractivity contribution in [3.63, 3.8) is 0 Å². The number of hydrogen-bond donors (Lipinski definition) is 1. The Labute approximate surface area is 170 Å². The molecule has 0 atom stereocenters. The molecule has 0 saturated heterocycles.